The largest absolute Gasteiger partial charge is 0.456 e. The summed E-state index contributed by atoms with van der Waals surface area (Å²) < 4.78 is 5.10. The fraction of sp³-hybridized carbons (Fsp3) is 0.364. The zero-order chi connectivity index (χ0) is 14.1. The average Bonchev–Trinajstić information content (AvgIpc) is 2.13. The van der Waals surface area contributed by atoms with Crippen molar-refractivity contribution in [1.82, 2.24) is 0 Å². The molecular weight excluding hydrogens is 238 g/mol. The Hall–Kier alpha value is -2.31. The number of nitro benzene ring substituents is 1. The molecule has 0 unspecified atom stereocenters. The molecule has 0 fully saturated rings. The normalized spacial score (nSPS) is 11.1. The topological polar surface area (TPSA) is 121 Å². The maximum atomic E-state index is 11.9. The summed E-state index contributed by atoms with van der Waals surface area (Å²) in [6.45, 7) is 5.03. The van der Waals surface area contributed by atoms with Crippen molar-refractivity contribution in [2.45, 2.75) is 26.4 Å². The van der Waals surface area contributed by atoms with E-state index in [9.17, 15) is 14.9 Å². The zero-order valence-corrected chi connectivity index (χ0v) is 10.4. The molecule has 7 heteroatoms. The number of nitrogen functional groups attached to an aromatic ring is 2. The van der Waals surface area contributed by atoms with Crippen molar-refractivity contribution >= 4 is 23.0 Å². The third-order valence-corrected chi connectivity index (χ3v) is 2.05. The number of rotatable bonds is 2. The van der Waals surface area contributed by atoms with Crippen LogP contribution in [0.3, 0.4) is 0 Å². The van der Waals surface area contributed by atoms with Gasteiger partial charge in [0.1, 0.15) is 16.9 Å². The van der Waals surface area contributed by atoms with Crippen LogP contribution in [0.1, 0.15) is 31.1 Å². The number of nitro groups is 1. The molecule has 1 rings (SSSR count). The predicted molar refractivity (Wildman–Crippen MR) is 67.1 cm³/mol. The minimum absolute atomic E-state index is 0.0485. The molecule has 0 aliphatic rings. The van der Waals surface area contributed by atoms with Crippen LogP contribution in [0.15, 0.2) is 12.1 Å². The van der Waals surface area contributed by atoms with Crippen LogP contribution in [-0.2, 0) is 4.74 Å². The van der Waals surface area contributed by atoms with E-state index >= 15 is 0 Å². The van der Waals surface area contributed by atoms with Crippen LogP contribution in [-0.4, -0.2) is 16.5 Å². The SMILES string of the molecule is CC(C)(C)OC(=O)c1c(N)ccc([N+](=O)[O-])c1N. The monoisotopic (exact) mass is 253 g/mol. The summed E-state index contributed by atoms with van der Waals surface area (Å²) in [4.78, 5) is 21.9. The summed E-state index contributed by atoms with van der Waals surface area (Å²) in [6.07, 6.45) is 0. The number of ether oxygens (including phenoxy) is 1. The average molecular weight is 253 g/mol. The highest BCUT2D eigenvalue weighted by Crippen LogP contribution is 2.31. The second-order valence-electron chi connectivity index (χ2n) is 4.72. The van der Waals surface area contributed by atoms with Gasteiger partial charge in [0.2, 0.25) is 0 Å². The maximum absolute atomic E-state index is 11.9. The fourth-order valence-electron chi connectivity index (χ4n) is 1.34. The number of nitrogens with two attached hydrogens (primary N) is 2. The summed E-state index contributed by atoms with van der Waals surface area (Å²) in [7, 11) is 0. The Morgan fingerprint density at radius 3 is 2.33 bits per heavy atom. The van der Waals surface area contributed by atoms with Crippen LogP contribution in [0.25, 0.3) is 0 Å². The first-order valence-electron chi connectivity index (χ1n) is 5.19. The van der Waals surface area contributed by atoms with E-state index in [-0.39, 0.29) is 22.6 Å². The van der Waals surface area contributed by atoms with Gasteiger partial charge >= 0.3 is 5.97 Å². The molecule has 0 saturated carbocycles. The Morgan fingerprint density at radius 1 is 1.33 bits per heavy atom. The third-order valence-electron chi connectivity index (χ3n) is 2.05. The van der Waals surface area contributed by atoms with Gasteiger partial charge in [-0.25, -0.2) is 4.79 Å². The van der Waals surface area contributed by atoms with Gasteiger partial charge in [-0.05, 0) is 26.8 Å². The molecule has 0 bridgehead atoms. The first-order chi connectivity index (χ1) is 8.13. The lowest BCUT2D eigenvalue weighted by molar-refractivity contribution is -0.383. The molecule has 1 aromatic carbocycles. The molecule has 7 nitrogen and oxygen atoms in total. The smallest absolute Gasteiger partial charge is 0.343 e. The molecule has 4 N–H and O–H groups in total. The molecule has 0 heterocycles. The van der Waals surface area contributed by atoms with Crippen molar-refractivity contribution in [3.63, 3.8) is 0 Å². The van der Waals surface area contributed by atoms with Gasteiger partial charge in [0.25, 0.3) is 5.69 Å². The van der Waals surface area contributed by atoms with Crippen LogP contribution < -0.4 is 11.5 Å². The van der Waals surface area contributed by atoms with Gasteiger partial charge in [-0.15, -0.1) is 0 Å². The summed E-state index contributed by atoms with van der Waals surface area (Å²) in [5, 5.41) is 10.7. The Balaban J connectivity index is 3.28. The van der Waals surface area contributed by atoms with Crippen molar-refractivity contribution in [1.29, 1.82) is 0 Å². The van der Waals surface area contributed by atoms with E-state index in [0.717, 1.165) is 6.07 Å². The van der Waals surface area contributed by atoms with Crippen molar-refractivity contribution in [2.75, 3.05) is 11.5 Å². The number of carbonyl (C=O) groups is 1. The molecule has 0 amide bonds. The highest BCUT2D eigenvalue weighted by molar-refractivity contribution is 6.02. The van der Waals surface area contributed by atoms with E-state index in [0.29, 0.717) is 0 Å². The zero-order valence-electron chi connectivity index (χ0n) is 10.4. The molecule has 0 aliphatic carbocycles. The summed E-state index contributed by atoms with van der Waals surface area (Å²) in [5.41, 5.74) is 9.68. The van der Waals surface area contributed by atoms with E-state index in [1.807, 2.05) is 0 Å². The second kappa shape index (κ2) is 4.52. The highest BCUT2D eigenvalue weighted by atomic mass is 16.6. The molecule has 1 aromatic rings. The molecule has 0 saturated heterocycles. The number of carbonyl (C=O) groups excluding carboxylic acids is 1. The Morgan fingerprint density at radius 2 is 1.89 bits per heavy atom. The lowest BCUT2D eigenvalue weighted by atomic mass is 10.1. The first kappa shape index (κ1) is 13.8. The lowest BCUT2D eigenvalue weighted by Gasteiger charge is -2.20. The predicted octanol–water partition coefficient (Wildman–Crippen LogP) is 1.71. The van der Waals surface area contributed by atoms with E-state index < -0.39 is 16.5 Å². The molecule has 0 spiro atoms. The van der Waals surface area contributed by atoms with Crippen LogP contribution in [0.4, 0.5) is 17.1 Å². The fourth-order valence-corrected chi connectivity index (χ4v) is 1.34. The Labute approximate surface area is 104 Å². The number of anilines is 2. The molecule has 0 aromatic heterocycles. The van der Waals surface area contributed by atoms with Crippen LogP contribution in [0.2, 0.25) is 0 Å². The van der Waals surface area contributed by atoms with E-state index in [4.69, 9.17) is 16.2 Å². The quantitative estimate of drug-likeness (QED) is 0.358. The number of esters is 1. The van der Waals surface area contributed by atoms with Crippen molar-refractivity contribution < 1.29 is 14.5 Å². The molecule has 0 atom stereocenters. The molecular formula is C11H15N3O4. The molecule has 0 aliphatic heterocycles. The van der Waals surface area contributed by atoms with Gasteiger partial charge in [0.05, 0.1) is 4.92 Å². The van der Waals surface area contributed by atoms with E-state index in [1.54, 1.807) is 20.8 Å². The van der Waals surface area contributed by atoms with E-state index in [2.05, 4.69) is 0 Å². The maximum Gasteiger partial charge on any atom is 0.343 e. The van der Waals surface area contributed by atoms with Gasteiger partial charge in [-0.2, -0.15) is 0 Å². The van der Waals surface area contributed by atoms with Crippen molar-refractivity contribution in [3.05, 3.63) is 27.8 Å². The number of hydrogen-bond donors (Lipinski definition) is 2. The minimum atomic E-state index is -0.777. The minimum Gasteiger partial charge on any atom is -0.456 e. The van der Waals surface area contributed by atoms with Crippen molar-refractivity contribution in [3.8, 4) is 0 Å². The third kappa shape index (κ3) is 2.88. The number of benzene rings is 1. The number of nitrogens with zero attached hydrogens (tertiary/aromatic N) is 1. The molecule has 0 radical (unpaired) electrons. The van der Waals surface area contributed by atoms with Crippen molar-refractivity contribution in [2.24, 2.45) is 0 Å². The first-order valence-corrected chi connectivity index (χ1v) is 5.19. The van der Waals surface area contributed by atoms with Gasteiger partial charge in [0.15, 0.2) is 0 Å². The van der Waals surface area contributed by atoms with Gasteiger partial charge in [-0.3, -0.25) is 10.1 Å². The standard InChI is InChI=1S/C11H15N3O4/c1-11(2,3)18-10(15)8-6(12)4-5-7(9(8)13)14(16)17/h4-5H,12-13H2,1-3H3. The highest BCUT2D eigenvalue weighted by Gasteiger charge is 2.26. The summed E-state index contributed by atoms with van der Waals surface area (Å²) in [6, 6.07) is 2.41. The molecule has 18 heavy (non-hydrogen) atoms. The van der Waals surface area contributed by atoms with Crippen LogP contribution in [0.5, 0.6) is 0 Å². The Kier molecular flexibility index (Phi) is 3.45. The van der Waals surface area contributed by atoms with Gasteiger partial charge in [-0.1, -0.05) is 0 Å². The second-order valence-corrected chi connectivity index (χ2v) is 4.72. The number of hydrogen-bond acceptors (Lipinski definition) is 6. The Bertz CT molecular complexity index is 506. The van der Waals surface area contributed by atoms with Crippen LogP contribution in [0, 0.1) is 10.1 Å². The van der Waals surface area contributed by atoms with Gasteiger partial charge in [0, 0.05) is 11.8 Å². The summed E-state index contributed by atoms with van der Waals surface area (Å²) in [5.74, 6) is -0.777. The van der Waals surface area contributed by atoms with Gasteiger partial charge < -0.3 is 16.2 Å². The van der Waals surface area contributed by atoms with Crippen LogP contribution >= 0.6 is 0 Å². The summed E-state index contributed by atoms with van der Waals surface area (Å²) >= 11 is 0. The lowest BCUT2D eigenvalue weighted by Crippen LogP contribution is -2.25. The molecule has 98 valence electrons. The van der Waals surface area contributed by atoms with E-state index in [1.165, 1.54) is 6.07 Å².